The van der Waals surface area contributed by atoms with Crippen LogP contribution in [0.2, 0.25) is 0 Å². The Morgan fingerprint density at radius 3 is 2.95 bits per heavy atom. The lowest BCUT2D eigenvalue weighted by molar-refractivity contribution is 0.238. The van der Waals surface area contributed by atoms with Crippen LogP contribution in [0.3, 0.4) is 0 Å². The molecule has 106 valence electrons. The Hall–Kier alpha value is -0.800. The van der Waals surface area contributed by atoms with Crippen molar-refractivity contribution in [3.63, 3.8) is 0 Å². The molecular weight excluding hydrogens is 236 g/mol. The third kappa shape index (κ3) is 3.21. The average Bonchev–Trinajstić information content (AvgIpc) is 3.02. The highest BCUT2D eigenvalue weighted by molar-refractivity contribution is 5.21. The van der Waals surface area contributed by atoms with E-state index < -0.39 is 0 Å². The predicted octanol–water partition coefficient (Wildman–Crippen LogP) is 3.21. The van der Waals surface area contributed by atoms with E-state index in [2.05, 4.69) is 30.1 Å². The van der Waals surface area contributed by atoms with Crippen LogP contribution < -0.4 is 5.32 Å². The van der Waals surface area contributed by atoms with E-state index in [0.717, 1.165) is 36.7 Å². The molecule has 2 heterocycles. The highest BCUT2D eigenvalue weighted by Crippen LogP contribution is 2.25. The number of aryl methyl sites for hydroxylation is 1. The van der Waals surface area contributed by atoms with E-state index in [4.69, 9.17) is 4.42 Å². The molecule has 1 aliphatic heterocycles. The lowest BCUT2D eigenvalue weighted by Crippen LogP contribution is -2.28. The van der Waals surface area contributed by atoms with Gasteiger partial charge < -0.3 is 9.73 Å². The zero-order chi connectivity index (χ0) is 13.2. The Morgan fingerprint density at radius 2 is 2.21 bits per heavy atom. The fraction of sp³-hybridized carbons (Fsp3) is 0.750. The minimum Gasteiger partial charge on any atom is -0.465 e. The van der Waals surface area contributed by atoms with Gasteiger partial charge in [0.25, 0.3) is 0 Å². The van der Waals surface area contributed by atoms with E-state index in [1.807, 2.05) is 0 Å². The highest BCUT2D eigenvalue weighted by atomic mass is 16.3. The summed E-state index contributed by atoms with van der Waals surface area (Å²) in [5, 5.41) is 3.52. The summed E-state index contributed by atoms with van der Waals surface area (Å²) >= 11 is 0. The van der Waals surface area contributed by atoms with Crippen molar-refractivity contribution in [1.82, 2.24) is 10.2 Å². The van der Waals surface area contributed by atoms with E-state index in [9.17, 15) is 0 Å². The monoisotopic (exact) mass is 262 g/mol. The van der Waals surface area contributed by atoms with Crippen molar-refractivity contribution >= 4 is 0 Å². The molecule has 0 aromatic carbocycles. The molecular formula is C16H26N2O. The van der Waals surface area contributed by atoms with Gasteiger partial charge in [-0.25, -0.2) is 0 Å². The Morgan fingerprint density at radius 1 is 1.37 bits per heavy atom. The van der Waals surface area contributed by atoms with Crippen molar-refractivity contribution in [3.8, 4) is 0 Å². The van der Waals surface area contributed by atoms with Gasteiger partial charge in [-0.3, -0.25) is 4.90 Å². The second-order valence-electron chi connectivity index (χ2n) is 6.12. The summed E-state index contributed by atoms with van der Waals surface area (Å²) in [4.78, 5) is 2.62. The highest BCUT2D eigenvalue weighted by Gasteiger charge is 2.24. The van der Waals surface area contributed by atoms with Crippen LogP contribution in [0, 0.1) is 6.92 Å². The molecule has 1 saturated carbocycles. The maximum absolute atomic E-state index is 5.88. The van der Waals surface area contributed by atoms with E-state index in [1.165, 1.54) is 44.2 Å². The first-order valence-electron chi connectivity index (χ1n) is 7.82. The van der Waals surface area contributed by atoms with Gasteiger partial charge >= 0.3 is 0 Å². The maximum atomic E-state index is 5.88. The lowest BCUT2D eigenvalue weighted by Gasteiger charge is -2.22. The van der Waals surface area contributed by atoms with Crippen LogP contribution in [-0.2, 0) is 13.1 Å². The maximum Gasteiger partial charge on any atom is 0.118 e. The van der Waals surface area contributed by atoms with E-state index in [1.54, 1.807) is 0 Å². The molecule has 1 aliphatic carbocycles. The summed E-state index contributed by atoms with van der Waals surface area (Å²) in [5.41, 5.74) is 1.38. The summed E-state index contributed by atoms with van der Waals surface area (Å²) in [6, 6.07) is 3.79. The van der Waals surface area contributed by atoms with Gasteiger partial charge in [0.15, 0.2) is 0 Å². The third-order valence-electron chi connectivity index (χ3n) is 4.56. The van der Waals surface area contributed by atoms with Gasteiger partial charge in [0.2, 0.25) is 0 Å². The summed E-state index contributed by atoms with van der Waals surface area (Å²) in [5.74, 6) is 2.21. The first-order chi connectivity index (χ1) is 9.26. The van der Waals surface area contributed by atoms with Crippen molar-refractivity contribution in [2.75, 3.05) is 6.54 Å². The molecule has 1 N–H and O–H groups in total. The number of hydrogen-bond acceptors (Lipinski definition) is 3. The van der Waals surface area contributed by atoms with Crippen molar-refractivity contribution in [2.24, 2.45) is 0 Å². The Balaban J connectivity index is 1.59. The van der Waals surface area contributed by atoms with Gasteiger partial charge in [-0.15, -0.1) is 0 Å². The number of nitrogens with zero attached hydrogens (tertiary/aromatic N) is 1. The van der Waals surface area contributed by atoms with Crippen molar-refractivity contribution in [3.05, 3.63) is 23.2 Å². The lowest BCUT2D eigenvalue weighted by atomic mass is 10.1. The molecule has 19 heavy (non-hydrogen) atoms. The molecule has 1 atom stereocenters. The fourth-order valence-electron chi connectivity index (χ4n) is 3.15. The number of likely N-dealkylation sites (tertiary alicyclic amines) is 1. The topological polar surface area (TPSA) is 28.4 Å². The third-order valence-corrected chi connectivity index (χ3v) is 4.56. The van der Waals surface area contributed by atoms with Gasteiger partial charge in [0.05, 0.1) is 6.54 Å². The molecule has 2 aliphatic rings. The number of nitrogens with one attached hydrogen (secondary N) is 1. The molecule has 0 amide bonds. The molecule has 1 unspecified atom stereocenters. The zero-order valence-electron chi connectivity index (χ0n) is 12.2. The minimum atomic E-state index is 0.747. The minimum absolute atomic E-state index is 0.747. The largest absolute Gasteiger partial charge is 0.465 e. The molecule has 1 saturated heterocycles. The van der Waals surface area contributed by atoms with E-state index in [0.29, 0.717) is 0 Å². The second-order valence-corrected chi connectivity index (χ2v) is 6.12. The van der Waals surface area contributed by atoms with E-state index >= 15 is 0 Å². The molecule has 0 radical (unpaired) electrons. The molecule has 2 fully saturated rings. The predicted molar refractivity (Wildman–Crippen MR) is 77.0 cm³/mol. The van der Waals surface area contributed by atoms with Gasteiger partial charge in [-0.2, -0.15) is 0 Å². The SMILES string of the molecule is CCC1CCCN1Cc1cc(CNC2CC2)oc1C. The molecule has 3 rings (SSSR count). The summed E-state index contributed by atoms with van der Waals surface area (Å²) < 4.78 is 5.88. The summed E-state index contributed by atoms with van der Waals surface area (Å²) in [6.45, 7) is 7.61. The van der Waals surface area contributed by atoms with Crippen molar-refractivity contribution in [2.45, 2.75) is 71.1 Å². The number of hydrogen-bond donors (Lipinski definition) is 1. The fourth-order valence-corrected chi connectivity index (χ4v) is 3.15. The summed E-state index contributed by atoms with van der Waals surface area (Å²) in [7, 11) is 0. The van der Waals surface area contributed by atoms with Crippen molar-refractivity contribution in [1.29, 1.82) is 0 Å². The first-order valence-corrected chi connectivity index (χ1v) is 7.82. The molecule has 1 aromatic heterocycles. The number of rotatable bonds is 6. The smallest absolute Gasteiger partial charge is 0.118 e. The summed E-state index contributed by atoms with van der Waals surface area (Å²) in [6.07, 6.45) is 6.65. The van der Waals surface area contributed by atoms with Crippen LogP contribution in [0.15, 0.2) is 10.5 Å². The van der Waals surface area contributed by atoms with E-state index in [-0.39, 0.29) is 0 Å². The molecule has 3 heteroatoms. The molecule has 0 spiro atoms. The van der Waals surface area contributed by atoms with Crippen LogP contribution in [0.5, 0.6) is 0 Å². The standard InChI is InChI=1S/C16H26N2O/c1-3-15-5-4-8-18(15)11-13-9-16(19-12(13)2)10-17-14-6-7-14/h9,14-15,17H,3-8,10-11H2,1-2H3. The normalized spacial score (nSPS) is 24.2. The Bertz CT molecular complexity index is 422. The van der Waals surface area contributed by atoms with Gasteiger partial charge in [0, 0.05) is 24.2 Å². The quantitative estimate of drug-likeness (QED) is 0.853. The molecule has 1 aromatic rings. The second kappa shape index (κ2) is 5.68. The van der Waals surface area contributed by atoms with Gasteiger partial charge in [-0.05, 0) is 51.6 Å². The molecule has 0 bridgehead atoms. The first kappa shape index (κ1) is 13.2. The van der Waals surface area contributed by atoms with Gasteiger partial charge in [0.1, 0.15) is 11.5 Å². The number of furan rings is 1. The van der Waals surface area contributed by atoms with Crippen LogP contribution in [0.1, 0.15) is 56.1 Å². The average molecular weight is 262 g/mol. The van der Waals surface area contributed by atoms with Crippen LogP contribution in [-0.4, -0.2) is 23.5 Å². The van der Waals surface area contributed by atoms with Crippen LogP contribution in [0.25, 0.3) is 0 Å². The van der Waals surface area contributed by atoms with Crippen LogP contribution >= 0.6 is 0 Å². The van der Waals surface area contributed by atoms with Gasteiger partial charge in [-0.1, -0.05) is 6.92 Å². The van der Waals surface area contributed by atoms with Crippen molar-refractivity contribution < 1.29 is 4.42 Å². The zero-order valence-corrected chi connectivity index (χ0v) is 12.2. The molecule has 3 nitrogen and oxygen atoms in total. The van der Waals surface area contributed by atoms with Crippen LogP contribution in [0.4, 0.5) is 0 Å². The Labute approximate surface area is 116 Å². The Kier molecular flexibility index (Phi) is 3.94.